The molecule has 0 unspecified atom stereocenters. The van der Waals surface area contributed by atoms with E-state index in [4.69, 9.17) is 5.41 Å². The summed E-state index contributed by atoms with van der Waals surface area (Å²) in [5.41, 5.74) is 0.638. The maximum atomic E-state index is 11.7. The van der Waals surface area contributed by atoms with E-state index in [2.05, 4.69) is 4.84 Å². The van der Waals surface area contributed by atoms with Crippen LogP contribution in [0.5, 0.6) is 0 Å². The van der Waals surface area contributed by atoms with E-state index in [1.807, 2.05) is 0 Å². The Labute approximate surface area is 90.6 Å². The molecule has 1 aliphatic carbocycles. The van der Waals surface area contributed by atoms with Crippen LogP contribution in [0.1, 0.15) is 12.8 Å². The van der Waals surface area contributed by atoms with E-state index in [0.717, 1.165) is 0 Å². The molecule has 1 N–H and O–H groups in total. The van der Waals surface area contributed by atoms with Gasteiger partial charge >= 0.3 is 5.97 Å². The van der Waals surface area contributed by atoms with Gasteiger partial charge in [0.05, 0.1) is 5.57 Å². The van der Waals surface area contributed by atoms with Gasteiger partial charge < -0.3 is 10.2 Å². The summed E-state index contributed by atoms with van der Waals surface area (Å²) in [7, 11) is 0. The van der Waals surface area contributed by atoms with E-state index in [-0.39, 0.29) is 5.57 Å². The summed E-state index contributed by atoms with van der Waals surface area (Å²) in [4.78, 5) is 38.6. The molecule has 0 aromatic rings. The van der Waals surface area contributed by atoms with Gasteiger partial charge in [0.15, 0.2) is 0 Å². The maximum absolute atomic E-state index is 11.7. The minimum Gasteiger partial charge on any atom is -0.323 e. The fraction of sp³-hybridized carbons (Fsp3) is 0.200. The summed E-state index contributed by atoms with van der Waals surface area (Å²) in [6, 6.07) is 0. The molecule has 0 aromatic heterocycles. The zero-order valence-electron chi connectivity index (χ0n) is 8.23. The third kappa shape index (κ3) is 1.44. The van der Waals surface area contributed by atoms with E-state index >= 15 is 0 Å². The summed E-state index contributed by atoms with van der Waals surface area (Å²) < 4.78 is 0. The van der Waals surface area contributed by atoms with Gasteiger partial charge in [-0.25, -0.2) is 4.79 Å². The smallest absolute Gasteiger partial charge is 0.323 e. The summed E-state index contributed by atoms with van der Waals surface area (Å²) in [5, 5.41) is 7.04. The van der Waals surface area contributed by atoms with Crippen LogP contribution in [0.25, 0.3) is 0 Å². The van der Waals surface area contributed by atoms with Crippen molar-refractivity contribution in [3.8, 4) is 0 Å². The molecular formula is C10H8N2O4. The lowest BCUT2D eigenvalue weighted by atomic mass is 10.00. The number of nitrogens with one attached hydrogen (secondary N) is 1. The number of carbonyl (C=O) groups excluding carboxylic acids is 3. The fourth-order valence-electron chi connectivity index (χ4n) is 1.61. The van der Waals surface area contributed by atoms with Crippen molar-refractivity contribution >= 4 is 24.0 Å². The quantitative estimate of drug-likeness (QED) is 0.528. The molecule has 1 aliphatic heterocycles. The molecule has 0 spiro atoms. The van der Waals surface area contributed by atoms with Crippen molar-refractivity contribution in [2.45, 2.75) is 12.8 Å². The summed E-state index contributed by atoms with van der Waals surface area (Å²) >= 11 is 0. The second-order valence-corrected chi connectivity index (χ2v) is 3.29. The summed E-state index contributed by atoms with van der Waals surface area (Å²) in [6.45, 7) is 0. The molecule has 6 nitrogen and oxygen atoms in total. The Morgan fingerprint density at radius 1 is 1.44 bits per heavy atom. The Morgan fingerprint density at radius 3 is 2.81 bits per heavy atom. The fourth-order valence-corrected chi connectivity index (χ4v) is 1.61. The first-order valence-electron chi connectivity index (χ1n) is 4.66. The lowest BCUT2D eigenvalue weighted by Crippen LogP contribution is -2.34. The van der Waals surface area contributed by atoms with Crippen LogP contribution in [0, 0.1) is 5.41 Å². The van der Waals surface area contributed by atoms with E-state index < -0.39 is 17.8 Å². The first-order chi connectivity index (χ1) is 7.65. The lowest BCUT2D eigenvalue weighted by molar-refractivity contribution is -0.191. The number of allylic oxidation sites excluding steroid dienone is 1. The Bertz CT molecular complexity index is 461. The van der Waals surface area contributed by atoms with Gasteiger partial charge in [0.2, 0.25) is 0 Å². The first kappa shape index (κ1) is 10.3. The van der Waals surface area contributed by atoms with Crippen molar-refractivity contribution in [2.75, 3.05) is 0 Å². The van der Waals surface area contributed by atoms with Crippen LogP contribution in [-0.2, 0) is 19.2 Å². The van der Waals surface area contributed by atoms with Crippen molar-refractivity contribution in [2.24, 2.45) is 0 Å². The Hall–Kier alpha value is -2.24. The zero-order valence-corrected chi connectivity index (χ0v) is 8.23. The molecule has 2 aliphatic rings. The molecule has 2 rings (SSSR count). The predicted octanol–water partition coefficient (Wildman–Crippen LogP) is 0.110. The summed E-state index contributed by atoms with van der Waals surface area (Å²) in [6.07, 6.45) is 4.89. The zero-order chi connectivity index (χ0) is 11.7. The van der Waals surface area contributed by atoms with Gasteiger partial charge in [-0.05, 0) is 12.8 Å². The van der Waals surface area contributed by atoms with Crippen molar-refractivity contribution in [1.82, 2.24) is 5.06 Å². The normalized spacial score (nSPS) is 18.9. The highest BCUT2D eigenvalue weighted by Gasteiger charge is 2.40. The number of carbonyl (C=O) groups is 3. The molecule has 0 bridgehead atoms. The molecule has 82 valence electrons. The van der Waals surface area contributed by atoms with Gasteiger partial charge in [0, 0.05) is 5.57 Å². The number of hydroxylamine groups is 2. The highest BCUT2D eigenvalue weighted by molar-refractivity contribution is 6.25. The second kappa shape index (κ2) is 3.73. The molecule has 16 heavy (non-hydrogen) atoms. The number of imide groups is 1. The van der Waals surface area contributed by atoms with E-state index in [1.54, 1.807) is 12.2 Å². The number of nitrogens with zero attached hydrogens (tertiary/aromatic N) is 1. The van der Waals surface area contributed by atoms with Crippen molar-refractivity contribution in [3.05, 3.63) is 23.3 Å². The van der Waals surface area contributed by atoms with Gasteiger partial charge in [0.25, 0.3) is 11.8 Å². The molecule has 6 heteroatoms. The summed E-state index contributed by atoms with van der Waals surface area (Å²) in [5.74, 6) is -2.31. The molecule has 0 aromatic carbocycles. The number of hydrogen-bond acceptors (Lipinski definition) is 5. The first-order valence-corrected chi connectivity index (χ1v) is 4.66. The SMILES string of the molecule is N=CC(=O)ON1C(=O)C2=C(CCC=C2)C1=O. The van der Waals surface area contributed by atoms with Crippen LogP contribution in [0.15, 0.2) is 23.3 Å². The van der Waals surface area contributed by atoms with Gasteiger partial charge in [-0.2, -0.15) is 0 Å². The average molecular weight is 220 g/mol. The molecule has 0 saturated carbocycles. The Balaban J connectivity index is 2.25. The van der Waals surface area contributed by atoms with E-state index in [1.165, 1.54) is 0 Å². The largest absolute Gasteiger partial charge is 0.374 e. The lowest BCUT2D eigenvalue weighted by Gasteiger charge is -2.11. The van der Waals surface area contributed by atoms with Crippen LogP contribution in [0.2, 0.25) is 0 Å². The molecule has 2 amide bonds. The molecule has 0 saturated heterocycles. The molecule has 0 atom stereocenters. The van der Waals surface area contributed by atoms with Crippen molar-refractivity contribution in [3.63, 3.8) is 0 Å². The van der Waals surface area contributed by atoms with Crippen molar-refractivity contribution < 1.29 is 19.2 Å². The van der Waals surface area contributed by atoms with Gasteiger partial charge in [0.1, 0.15) is 6.21 Å². The topological polar surface area (TPSA) is 87.5 Å². The van der Waals surface area contributed by atoms with Gasteiger partial charge in [-0.3, -0.25) is 9.59 Å². The Morgan fingerprint density at radius 2 is 2.19 bits per heavy atom. The molecule has 1 heterocycles. The monoisotopic (exact) mass is 220 g/mol. The standard InChI is InChI=1S/C10H8N2O4/c11-5-8(13)16-12-9(14)6-3-1-2-4-7(6)10(12)15/h1,3,5,11H,2,4H2. The predicted molar refractivity (Wildman–Crippen MR) is 52.1 cm³/mol. The minimum atomic E-state index is -1.05. The molecular weight excluding hydrogens is 212 g/mol. The van der Waals surface area contributed by atoms with Crippen LogP contribution >= 0.6 is 0 Å². The molecule has 0 fully saturated rings. The van der Waals surface area contributed by atoms with E-state index in [9.17, 15) is 14.4 Å². The van der Waals surface area contributed by atoms with Crippen LogP contribution in [0.4, 0.5) is 0 Å². The van der Waals surface area contributed by atoms with Gasteiger partial charge in [-0.1, -0.05) is 17.2 Å². The second-order valence-electron chi connectivity index (χ2n) is 3.29. The number of rotatable bonds is 2. The third-order valence-electron chi connectivity index (χ3n) is 2.33. The van der Waals surface area contributed by atoms with E-state index in [0.29, 0.717) is 29.7 Å². The molecule has 0 radical (unpaired) electrons. The van der Waals surface area contributed by atoms with Gasteiger partial charge in [-0.15, -0.1) is 0 Å². The number of hydrogen-bond donors (Lipinski definition) is 1. The van der Waals surface area contributed by atoms with Crippen LogP contribution in [0.3, 0.4) is 0 Å². The minimum absolute atomic E-state index is 0.272. The highest BCUT2D eigenvalue weighted by atomic mass is 16.7. The van der Waals surface area contributed by atoms with Crippen molar-refractivity contribution in [1.29, 1.82) is 5.41 Å². The van der Waals surface area contributed by atoms with Crippen LogP contribution in [-0.4, -0.2) is 29.1 Å². The Kier molecular flexibility index (Phi) is 2.40. The third-order valence-corrected chi connectivity index (χ3v) is 2.33. The highest BCUT2D eigenvalue weighted by Crippen LogP contribution is 2.28. The van der Waals surface area contributed by atoms with Crippen LogP contribution < -0.4 is 0 Å². The number of amides is 2. The maximum Gasteiger partial charge on any atom is 0.374 e. The average Bonchev–Trinajstić information content (AvgIpc) is 2.55.